The molecule has 3 heteroatoms. The summed E-state index contributed by atoms with van der Waals surface area (Å²) in [6.07, 6.45) is 5.40. The smallest absolute Gasteiger partial charge is 0.0794 e. The SMILES string of the molecule is CCCC(C)(CCl)Cc1cncs1. The monoisotopic (exact) mass is 217 g/mol. The summed E-state index contributed by atoms with van der Waals surface area (Å²) in [4.78, 5) is 5.42. The van der Waals surface area contributed by atoms with E-state index in [0.29, 0.717) is 0 Å². The van der Waals surface area contributed by atoms with Crippen LogP contribution >= 0.6 is 22.9 Å². The zero-order valence-electron chi connectivity index (χ0n) is 8.22. The average Bonchev–Trinajstić information content (AvgIpc) is 2.57. The van der Waals surface area contributed by atoms with E-state index >= 15 is 0 Å². The maximum absolute atomic E-state index is 5.99. The molecule has 0 bridgehead atoms. The first-order valence-electron chi connectivity index (χ1n) is 4.63. The van der Waals surface area contributed by atoms with Gasteiger partial charge in [-0.2, -0.15) is 0 Å². The van der Waals surface area contributed by atoms with Gasteiger partial charge in [0.2, 0.25) is 0 Å². The van der Waals surface area contributed by atoms with Crippen LogP contribution in [0.1, 0.15) is 31.6 Å². The third kappa shape index (κ3) is 3.28. The van der Waals surface area contributed by atoms with Gasteiger partial charge in [-0.25, -0.2) is 0 Å². The van der Waals surface area contributed by atoms with Crippen LogP contribution in [0.2, 0.25) is 0 Å². The number of rotatable bonds is 5. The summed E-state index contributed by atoms with van der Waals surface area (Å²) in [7, 11) is 0. The summed E-state index contributed by atoms with van der Waals surface area (Å²) in [6.45, 7) is 4.46. The van der Waals surface area contributed by atoms with Gasteiger partial charge in [0.25, 0.3) is 0 Å². The van der Waals surface area contributed by atoms with Crippen LogP contribution < -0.4 is 0 Å². The maximum atomic E-state index is 5.99. The van der Waals surface area contributed by atoms with E-state index in [0.717, 1.165) is 12.3 Å². The van der Waals surface area contributed by atoms with E-state index in [1.165, 1.54) is 17.7 Å². The molecule has 0 aliphatic rings. The Morgan fingerprint density at radius 3 is 2.85 bits per heavy atom. The molecule has 0 fully saturated rings. The van der Waals surface area contributed by atoms with E-state index in [2.05, 4.69) is 18.8 Å². The first-order valence-corrected chi connectivity index (χ1v) is 6.05. The van der Waals surface area contributed by atoms with Gasteiger partial charge in [-0.1, -0.05) is 20.3 Å². The molecule has 0 saturated heterocycles. The summed E-state index contributed by atoms with van der Waals surface area (Å²) in [6, 6.07) is 0. The van der Waals surface area contributed by atoms with Crippen LogP contribution in [0, 0.1) is 5.41 Å². The normalized spacial score (nSPS) is 15.6. The average molecular weight is 218 g/mol. The Morgan fingerprint density at radius 2 is 2.38 bits per heavy atom. The Kier molecular flexibility index (Phi) is 4.20. The van der Waals surface area contributed by atoms with Crippen molar-refractivity contribution < 1.29 is 0 Å². The predicted molar refractivity (Wildman–Crippen MR) is 59.6 cm³/mol. The summed E-state index contributed by atoms with van der Waals surface area (Å²) in [5, 5.41) is 0. The Labute approximate surface area is 89.1 Å². The third-order valence-electron chi connectivity index (χ3n) is 2.26. The number of hydrogen-bond acceptors (Lipinski definition) is 2. The number of thiazole rings is 1. The van der Waals surface area contributed by atoms with Crippen LogP contribution in [0.25, 0.3) is 0 Å². The fourth-order valence-electron chi connectivity index (χ4n) is 1.56. The molecule has 0 aromatic carbocycles. The van der Waals surface area contributed by atoms with Gasteiger partial charge < -0.3 is 0 Å². The topological polar surface area (TPSA) is 12.9 Å². The van der Waals surface area contributed by atoms with E-state index in [-0.39, 0.29) is 5.41 Å². The molecule has 1 unspecified atom stereocenters. The standard InChI is InChI=1S/C10H16ClNS/c1-3-4-10(2,7-11)5-9-6-12-8-13-9/h6,8H,3-5,7H2,1-2H3. The van der Waals surface area contributed by atoms with Gasteiger partial charge in [0.15, 0.2) is 0 Å². The number of hydrogen-bond donors (Lipinski definition) is 0. The highest BCUT2D eigenvalue weighted by molar-refractivity contribution is 7.09. The van der Waals surface area contributed by atoms with Crippen molar-refractivity contribution in [3.8, 4) is 0 Å². The van der Waals surface area contributed by atoms with Crippen molar-refractivity contribution >= 4 is 22.9 Å². The fraction of sp³-hybridized carbons (Fsp3) is 0.700. The van der Waals surface area contributed by atoms with Crippen molar-refractivity contribution in [1.82, 2.24) is 4.98 Å². The van der Waals surface area contributed by atoms with Crippen molar-refractivity contribution in [3.63, 3.8) is 0 Å². The minimum Gasteiger partial charge on any atom is -0.253 e. The van der Waals surface area contributed by atoms with E-state index in [9.17, 15) is 0 Å². The first-order chi connectivity index (χ1) is 6.20. The number of aromatic nitrogens is 1. The lowest BCUT2D eigenvalue weighted by Crippen LogP contribution is -2.20. The lowest BCUT2D eigenvalue weighted by Gasteiger charge is -2.25. The van der Waals surface area contributed by atoms with E-state index in [4.69, 9.17) is 11.6 Å². The summed E-state index contributed by atoms with van der Waals surface area (Å²) < 4.78 is 0. The van der Waals surface area contributed by atoms with Crippen LogP contribution in [0.15, 0.2) is 11.7 Å². The second-order valence-corrected chi connectivity index (χ2v) is 5.08. The molecular weight excluding hydrogens is 202 g/mol. The quantitative estimate of drug-likeness (QED) is 0.685. The molecule has 0 amide bonds. The van der Waals surface area contributed by atoms with Gasteiger partial charge in [0.05, 0.1) is 5.51 Å². The molecule has 1 aromatic heterocycles. The second kappa shape index (κ2) is 4.97. The molecule has 0 radical (unpaired) electrons. The molecule has 1 atom stereocenters. The molecule has 1 heterocycles. The van der Waals surface area contributed by atoms with Crippen LogP contribution in [-0.2, 0) is 6.42 Å². The van der Waals surface area contributed by atoms with E-state index in [1.807, 2.05) is 11.7 Å². The molecular formula is C10H16ClNS. The van der Waals surface area contributed by atoms with E-state index in [1.54, 1.807) is 11.3 Å². The lowest BCUT2D eigenvalue weighted by molar-refractivity contribution is 0.337. The van der Waals surface area contributed by atoms with Crippen molar-refractivity contribution in [2.24, 2.45) is 5.41 Å². The largest absolute Gasteiger partial charge is 0.253 e. The lowest BCUT2D eigenvalue weighted by atomic mass is 9.84. The zero-order chi connectivity index (χ0) is 9.73. The maximum Gasteiger partial charge on any atom is 0.0794 e. The highest BCUT2D eigenvalue weighted by Gasteiger charge is 2.23. The molecule has 13 heavy (non-hydrogen) atoms. The molecule has 0 aliphatic heterocycles. The van der Waals surface area contributed by atoms with Crippen molar-refractivity contribution in [2.45, 2.75) is 33.1 Å². The third-order valence-corrected chi connectivity index (χ3v) is 3.69. The molecule has 1 nitrogen and oxygen atoms in total. The molecule has 1 aromatic rings. The Balaban J connectivity index is 2.58. The van der Waals surface area contributed by atoms with Gasteiger partial charge >= 0.3 is 0 Å². The molecule has 0 spiro atoms. The van der Waals surface area contributed by atoms with Crippen LogP contribution in [-0.4, -0.2) is 10.9 Å². The van der Waals surface area contributed by atoms with Gasteiger partial charge in [-0.05, 0) is 18.3 Å². The van der Waals surface area contributed by atoms with Crippen molar-refractivity contribution in [3.05, 3.63) is 16.6 Å². The summed E-state index contributed by atoms with van der Waals surface area (Å²) in [5.41, 5.74) is 2.14. The summed E-state index contributed by atoms with van der Waals surface area (Å²) in [5.74, 6) is 0.735. The number of alkyl halides is 1. The highest BCUT2D eigenvalue weighted by atomic mass is 35.5. The molecule has 0 saturated carbocycles. The van der Waals surface area contributed by atoms with Crippen molar-refractivity contribution in [2.75, 3.05) is 5.88 Å². The number of nitrogens with zero attached hydrogens (tertiary/aromatic N) is 1. The van der Waals surface area contributed by atoms with E-state index < -0.39 is 0 Å². The molecule has 1 rings (SSSR count). The zero-order valence-corrected chi connectivity index (χ0v) is 9.79. The molecule has 0 aliphatic carbocycles. The van der Waals surface area contributed by atoms with Crippen molar-refractivity contribution in [1.29, 1.82) is 0 Å². The van der Waals surface area contributed by atoms with Crippen LogP contribution in [0.3, 0.4) is 0 Å². The Morgan fingerprint density at radius 1 is 1.62 bits per heavy atom. The van der Waals surface area contributed by atoms with Gasteiger partial charge in [0, 0.05) is 17.0 Å². The molecule has 74 valence electrons. The predicted octanol–water partition coefficient (Wildman–Crippen LogP) is 3.73. The van der Waals surface area contributed by atoms with Crippen LogP contribution in [0.4, 0.5) is 0 Å². The highest BCUT2D eigenvalue weighted by Crippen LogP contribution is 2.30. The van der Waals surface area contributed by atoms with Gasteiger partial charge in [-0.3, -0.25) is 4.98 Å². The number of halogens is 1. The van der Waals surface area contributed by atoms with Crippen LogP contribution in [0.5, 0.6) is 0 Å². The first kappa shape index (κ1) is 11.0. The minimum absolute atomic E-state index is 0.253. The van der Waals surface area contributed by atoms with Gasteiger partial charge in [-0.15, -0.1) is 22.9 Å². The summed E-state index contributed by atoms with van der Waals surface area (Å²) >= 11 is 7.71. The molecule has 0 N–H and O–H groups in total. The van der Waals surface area contributed by atoms with Gasteiger partial charge in [0.1, 0.15) is 0 Å². The Hall–Kier alpha value is -0.0800. The minimum atomic E-state index is 0.253. The second-order valence-electron chi connectivity index (χ2n) is 3.84. The Bertz CT molecular complexity index is 235. The fourth-order valence-corrected chi connectivity index (χ4v) is 2.59.